The summed E-state index contributed by atoms with van der Waals surface area (Å²) in [7, 11) is 0. The van der Waals surface area contributed by atoms with Crippen LogP contribution >= 0.6 is 0 Å². The Morgan fingerprint density at radius 3 is 2.57 bits per heavy atom. The van der Waals surface area contributed by atoms with Crippen LogP contribution in [0, 0.1) is 28.6 Å². The summed E-state index contributed by atoms with van der Waals surface area (Å²) in [4.78, 5) is 24.6. The molecule has 4 aliphatic carbocycles. The molecule has 3 fully saturated rings. The molecule has 0 saturated heterocycles. The highest BCUT2D eigenvalue weighted by molar-refractivity contribution is 5.93. The third-order valence-electron chi connectivity index (χ3n) is 9.11. The zero-order chi connectivity index (χ0) is 20.7. The smallest absolute Gasteiger partial charge is 0.190 e. The molecule has 0 aromatic carbocycles. The molecule has 28 heavy (non-hydrogen) atoms. The largest absolute Gasteiger partial charge is 0.390 e. The molecule has 0 aromatic heterocycles. The Labute approximate surface area is 165 Å². The van der Waals surface area contributed by atoms with Gasteiger partial charge in [-0.3, -0.25) is 9.59 Å². The van der Waals surface area contributed by atoms with E-state index in [-0.39, 0.29) is 30.5 Å². The molecule has 4 rings (SSSR count). The van der Waals surface area contributed by atoms with Crippen LogP contribution in [0.1, 0.15) is 59.3 Å². The van der Waals surface area contributed by atoms with E-state index >= 15 is 4.39 Å². The van der Waals surface area contributed by atoms with Crippen molar-refractivity contribution in [3.63, 3.8) is 0 Å². The van der Waals surface area contributed by atoms with Gasteiger partial charge in [0, 0.05) is 22.7 Å². The number of aliphatic hydroxyl groups is 3. The summed E-state index contributed by atoms with van der Waals surface area (Å²) in [5.74, 6) is -1.67. The first-order chi connectivity index (χ1) is 13.0. The number of aliphatic hydroxyl groups excluding tert-OH is 2. The molecule has 0 heterocycles. The normalized spacial score (nSPS) is 53.1. The third-order valence-corrected chi connectivity index (χ3v) is 9.11. The first-order valence-electron chi connectivity index (χ1n) is 10.4. The summed E-state index contributed by atoms with van der Waals surface area (Å²) in [6.45, 7) is 4.65. The van der Waals surface area contributed by atoms with Crippen molar-refractivity contribution in [1.82, 2.24) is 0 Å². The number of carbonyl (C=O) groups is 2. The van der Waals surface area contributed by atoms with E-state index < -0.39 is 46.5 Å². The van der Waals surface area contributed by atoms with E-state index in [1.165, 1.54) is 0 Å². The zero-order valence-electron chi connectivity index (χ0n) is 16.9. The Morgan fingerprint density at radius 1 is 1.25 bits per heavy atom. The maximum Gasteiger partial charge on any atom is 0.190 e. The molecule has 0 aromatic rings. The molecule has 4 aliphatic rings. The van der Waals surface area contributed by atoms with Crippen LogP contribution in [-0.4, -0.2) is 50.9 Å². The summed E-state index contributed by atoms with van der Waals surface area (Å²) < 4.78 is 17.0. The molecule has 0 amide bonds. The summed E-state index contributed by atoms with van der Waals surface area (Å²) in [6, 6.07) is 0. The lowest BCUT2D eigenvalue weighted by atomic mass is 9.43. The van der Waals surface area contributed by atoms with Gasteiger partial charge in [-0.2, -0.15) is 0 Å². The number of ketones is 2. The van der Waals surface area contributed by atoms with Crippen molar-refractivity contribution in [3.8, 4) is 0 Å². The van der Waals surface area contributed by atoms with E-state index in [1.54, 1.807) is 19.9 Å². The highest BCUT2D eigenvalue weighted by atomic mass is 19.1. The van der Waals surface area contributed by atoms with Crippen molar-refractivity contribution in [2.24, 2.45) is 28.6 Å². The number of Topliss-reactive ketones (excluding diaryl/α,β-unsaturated/α-hetero) is 1. The van der Waals surface area contributed by atoms with Crippen LogP contribution < -0.4 is 0 Å². The lowest BCUT2D eigenvalue weighted by Gasteiger charge is -2.63. The molecule has 8 atom stereocenters. The van der Waals surface area contributed by atoms with Gasteiger partial charge in [-0.25, -0.2) is 4.39 Å². The van der Waals surface area contributed by atoms with Gasteiger partial charge >= 0.3 is 0 Å². The van der Waals surface area contributed by atoms with Gasteiger partial charge < -0.3 is 15.3 Å². The minimum absolute atomic E-state index is 0.0217. The van der Waals surface area contributed by atoms with Gasteiger partial charge in [-0.15, -0.1) is 0 Å². The molecule has 0 radical (unpaired) electrons. The molecule has 0 bridgehead atoms. The minimum Gasteiger partial charge on any atom is -0.390 e. The van der Waals surface area contributed by atoms with Crippen molar-refractivity contribution in [2.75, 3.05) is 6.61 Å². The SMILES string of the molecule is C[C@H]1C[C@@]2(C)C(=CC1=O)CC[C@H]1[C@@H]3CC[C@](O)(C(=O)CO)[C@@]3(C)C[C@H](O)[C@@]12F. The second-order valence-electron chi connectivity index (χ2n) is 10.1. The fourth-order valence-electron chi connectivity index (χ4n) is 7.49. The number of rotatable bonds is 2. The van der Waals surface area contributed by atoms with E-state index in [0.717, 1.165) is 5.57 Å². The lowest BCUT2D eigenvalue weighted by molar-refractivity contribution is -0.228. The molecule has 0 spiro atoms. The number of carbonyl (C=O) groups excluding carboxylic acids is 2. The number of hydrogen-bond acceptors (Lipinski definition) is 5. The van der Waals surface area contributed by atoms with Crippen molar-refractivity contribution >= 4 is 11.6 Å². The highest BCUT2D eigenvalue weighted by Gasteiger charge is 2.74. The predicted molar refractivity (Wildman–Crippen MR) is 100 cm³/mol. The van der Waals surface area contributed by atoms with Crippen molar-refractivity contribution in [2.45, 2.75) is 76.7 Å². The van der Waals surface area contributed by atoms with Crippen LogP contribution in [0.4, 0.5) is 4.39 Å². The van der Waals surface area contributed by atoms with Crippen molar-refractivity contribution in [1.29, 1.82) is 0 Å². The number of hydrogen-bond donors (Lipinski definition) is 3. The molecule has 3 N–H and O–H groups in total. The third kappa shape index (κ3) is 2.12. The average Bonchev–Trinajstić information content (AvgIpc) is 2.89. The number of allylic oxidation sites excluding steroid dienone is 1. The maximum absolute atomic E-state index is 17.0. The molecule has 0 unspecified atom stereocenters. The van der Waals surface area contributed by atoms with Gasteiger partial charge in [0.2, 0.25) is 0 Å². The summed E-state index contributed by atoms with van der Waals surface area (Å²) >= 11 is 0. The van der Waals surface area contributed by atoms with Gasteiger partial charge in [0.05, 0.1) is 6.10 Å². The van der Waals surface area contributed by atoms with Crippen LogP contribution in [0.3, 0.4) is 0 Å². The van der Waals surface area contributed by atoms with Crippen molar-refractivity contribution in [3.05, 3.63) is 11.6 Å². The quantitative estimate of drug-likeness (QED) is 0.667. The Kier molecular flexibility index (Phi) is 4.29. The number of fused-ring (bicyclic) bond motifs is 5. The van der Waals surface area contributed by atoms with Crippen LogP contribution in [0.15, 0.2) is 11.6 Å². The second kappa shape index (κ2) is 5.96. The zero-order valence-corrected chi connectivity index (χ0v) is 16.9. The highest BCUT2D eigenvalue weighted by Crippen LogP contribution is 2.70. The van der Waals surface area contributed by atoms with Gasteiger partial charge in [0.25, 0.3) is 0 Å². The number of alkyl halides is 1. The molecule has 3 saturated carbocycles. The molecular formula is C22H31FO5. The molecule has 6 heteroatoms. The van der Waals surface area contributed by atoms with Gasteiger partial charge in [-0.1, -0.05) is 26.3 Å². The van der Waals surface area contributed by atoms with Crippen LogP contribution in [-0.2, 0) is 9.59 Å². The molecular weight excluding hydrogens is 363 g/mol. The Hall–Kier alpha value is -1.11. The predicted octanol–water partition coefficient (Wildman–Crippen LogP) is 2.12. The van der Waals surface area contributed by atoms with Crippen LogP contribution in [0.25, 0.3) is 0 Å². The van der Waals surface area contributed by atoms with Crippen molar-refractivity contribution < 1.29 is 29.3 Å². The fraction of sp³-hybridized carbons (Fsp3) is 0.818. The Morgan fingerprint density at radius 2 is 1.93 bits per heavy atom. The standard InChI is InChI=1S/C22H31FO5/c1-12-9-19(2)13(8-16(12)25)4-5-15-14-6-7-21(28,18(27)11-24)20(14,3)10-17(26)22(15,19)23/h8,12,14-15,17,24,26,28H,4-7,9-11H2,1-3H3/t12-,14-,15-,17-,19-,20-,21-,22-/m0/s1. The average molecular weight is 394 g/mol. The van der Waals surface area contributed by atoms with Crippen LogP contribution in [0.2, 0.25) is 0 Å². The monoisotopic (exact) mass is 394 g/mol. The lowest BCUT2D eigenvalue weighted by Crippen LogP contribution is -2.69. The van der Waals surface area contributed by atoms with E-state index in [0.29, 0.717) is 25.7 Å². The van der Waals surface area contributed by atoms with Gasteiger partial charge in [0.15, 0.2) is 11.6 Å². The molecule has 156 valence electrons. The summed E-state index contributed by atoms with van der Waals surface area (Å²) in [5.41, 5.74) is -4.74. The number of halogens is 1. The Balaban J connectivity index is 1.80. The topological polar surface area (TPSA) is 94.8 Å². The fourth-order valence-corrected chi connectivity index (χ4v) is 7.49. The molecule has 5 nitrogen and oxygen atoms in total. The summed E-state index contributed by atoms with van der Waals surface area (Å²) in [6.07, 6.45) is 2.34. The van der Waals surface area contributed by atoms with Crippen LogP contribution in [0.5, 0.6) is 0 Å². The van der Waals surface area contributed by atoms with Gasteiger partial charge in [-0.05, 0) is 50.5 Å². The van der Waals surface area contributed by atoms with E-state index in [4.69, 9.17) is 0 Å². The minimum atomic E-state index is -1.90. The van der Waals surface area contributed by atoms with E-state index in [1.807, 2.05) is 6.92 Å². The molecule has 0 aliphatic heterocycles. The first-order valence-corrected chi connectivity index (χ1v) is 10.4. The maximum atomic E-state index is 17.0. The second-order valence-corrected chi connectivity index (χ2v) is 10.1. The van der Waals surface area contributed by atoms with E-state index in [9.17, 15) is 24.9 Å². The first kappa shape index (κ1) is 20.2. The van der Waals surface area contributed by atoms with E-state index in [2.05, 4.69) is 0 Å². The summed E-state index contributed by atoms with van der Waals surface area (Å²) in [5, 5.41) is 31.7. The van der Waals surface area contributed by atoms with Gasteiger partial charge in [0.1, 0.15) is 17.9 Å². The Bertz CT molecular complexity index is 764.